The zero-order valence-corrected chi connectivity index (χ0v) is 13.2. The molecule has 1 aromatic rings. The van der Waals surface area contributed by atoms with Gasteiger partial charge in [0.05, 0.1) is 22.6 Å². The molecule has 0 aliphatic carbocycles. The van der Waals surface area contributed by atoms with Gasteiger partial charge in [0.15, 0.2) is 0 Å². The van der Waals surface area contributed by atoms with Crippen molar-refractivity contribution in [2.75, 3.05) is 19.7 Å². The molecule has 21 heavy (non-hydrogen) atoms. The van der Waals surface area contributed by atoms with E-state index < -0.39 is 4.92 Å². The van der Waals surface area contributed by atoms with Crippen LogP contribution in [-0.2, 0) is 0 Å². The van der Waals surface area contributed by atoms with Crippen LogP contribution in [0.3, 0.4) is 0 Å². The molecule has 0 atom stereocenters. The Morgan fingerprint density at radius 3 is 2.67 bits per heavy atom. The van der Waals surface area contributed by atoms with E-state index in [9.17, 15) is 10.1 Å². The predicted molar refractivity (Wildman–Crippen MR) is 83.0 cm³/mol. The summed E-state index contributed by atoms with van der Waals surface area (Å²) < 4.78 is 5.71. The van der Waals surface area contributed by atoms with E-state index in [4.69, 9.17) is 16.3 Å². The molecule has 5 nitrogen and oxygen atoms in total. The van der Waals surface area contributed by atoms with Gasteiger partial charge in [0.25, 0.3) is 5.69 Å². The van der Waals surface area contributed by atoms with Crippen LogP contribution in [0, 0.1) is 16.0 Å². The summed E-state index contributed by atoms with van der Waals surface area (Å²) in [7, 11) is 0. The Morgan fingerprint density at radius 2 is 2.10 bits per heavy atom. The Balaban J connectivity index is 1.89. The molecule has 6 heteroatoms. The molecule has 0 unspecified atom stereocenters. The van der Waals surface area contributed by atoms with E-state index in [0.29, 0.717) is 29.3 Å². The summed E-state index contributed by atoms with van der Waals surface area (Å²) >= 11 is 6.03. The van der Waals surface area contributed by atoms with E-state index >= 15 is 0 Å². The second-order valence-corrected chi connectivity index (χ2v) is 6.16. The number of hydrogen-bond donors (Lipinski definition) is 0. The molecule has 1 aromatic carbocycles. The third-order valence-corrected chi connectivity index (χ3v) is 4.29. The van der Waals surface area contributed by atoms with Gasteiger partial charge in [0.1, 0.15) is 5.75 Å². The maximum absolute atomic E-state index is 10.8. The lowest BCUT2D eigenvalue weighted by Crippen LogP contribution is -2.39. The molecule has 0 bridgehead atoms. The van der Waals surface area contributed by atoms with Crippen LogP contribution in [-0.4, -0.2) is 35.6 Å². The number of piperidine rings is 1. The first-order valence-corrected chi connectivity index (χ1v) is 7.66. The lowest BCUT2D eigenvalue weighted by Gasteiger charge is -2.34. The van der Waals surface area contributed by atoms with Crippen molar-refractivity contribution in [3.63, 3.8) is 0 Å². The second kappa shape index (κ2) is 7.09. The fraction of sp³-hybridized carbons (Fsp3) is 0.600. The number of likely N-dealkylation sites (tertiary alicyclic amines) is 1. The van der Waals surface area contributed by atoms with Crippen LogP contribution in [0.25, 0.3) is 0 Å². The largest absolute Gasteiger partial charge is 0.491 e. The number of nitrogens with zero attached hydrogens (tertiary/aromatic N) is 2. The van der Waals surface area contributed by atoms with Gasteiger partial charge < -0.3 is 9.64 Å². The normalized spacial score (nSPS) is 17.1. The van der Waals surface area contributed by atoms with Gasteiger partial charge in [-0.25, -0.2) is 0 Å². The van der Waals surface area contributed by atoms with Gasteiger partial charge in [-0.3, -0.25) is 10.1 Å². The van der Waals surface area contributed by atoms with Crippen LogP contribution < -0.4 is 4.74 Å². The highest BCUT2D eigenvalue weighted by Gasteiger charge is 2.21. The minimum Gasteiger partial charge on any atom is -0.491 e. The molecule has 0 amide bonds. The highest BCUT2D eigenvalue weighted by molar-refractivity contribution is 6.32. The molecule has 0 N–H and O–H groups in total. The summed E-state index contributed by atoms with van der Waals surface area (Å²) in [6, 6.07) is 4.87. The summed E-state index contributed by atoms with van der Waals surface area (Å²) in [5.74, 6) is 0.882. The minimum absolute atomic E-state index is 0.00373. The first-order valence-electron chi connectivity index (χ1n) is 7.28. The van der Waals surface area contributed by atoms with E-state index in [-0.39, 0.29) is 5.69 Å². The van der Waals surface area contributed by atoms with Crippen LogP contribution in [0.4, 0.5) is 5.69 Å². The van der Waals surface area contributed by atoms with Crippen molar-refractivity contribution in [2.45, 2.75) is 32.7 Å². The zero-order chi connectivity index (χ0) is 15.4. The van der Waals surface area contributed by atoms with E-state index in [2.05, 4.69) is 18.7 Å². The van der Waals surface area contributed by atoms with Crippen molar-refractivity contribution in [3.05, 3.63) is 33.3 Å². The Hall–Kier alpha value is -1.33. The average Bonchev–Trinajstić information content (AvgIpc) is 2.46. The Kier molecular flexibility index (Phi) is 5.42. The number of ether oxygens (including phenoxy) is 1. The molecule has 0 aromatic heterocycles. The fourth-order valence-electron chi connectivity index (χ4n) is 2.56. The summed E-state index contributed by atoms with van der Waals surface area (Å²) in [5, 5.41) is 11.2. The van der Waals surface area contributed by atoms with Gasteiger partial charge in [0.2, 0.25) is 0 Å². The standard InChI is InChI=1S/C15H21ClN2O3/c1-11(2)17-7-5-12(6-8-17)10-21-15-9-13(18(19)20)3-4-14(15)16/h3-4,9,11-12H,5-8,10H2,1-2H3. The molecule has 1 fully saturated rings. The maximum atomic E-state index is 10.8. The van der Waals surface area contributed by atoms with Crippen molar-refractivity contribution in [2.24, 2.45) is 5.92 Å². The van der Waals surface area contributed by atoms with Crippen molar-refractivity contribution in [3.8, 4) is 5.75 Å². The highest BCUT2D eigenvalue weighted by atomic mass is 35.5. The van der Waals surface area contributed by atoms with Gasteiger partial charge in [-0.1, -0.05) is 11.6 Å². The number of benzene rings is 1. The molecule has 1 saturated heterocycles. The summed E-state index contributed by atoms with van der Waals surface area (Å²) in [4.78, 5) is 12.8. The second-order valence-electron chi connectivity index (χ2n) is 5.76. The van der Waals surface area contributed by atoms with Crippen LogP contribution in [0.1, 0.15) is 26.7 Å². The van der Waals surface area contributed by atoms with Crippen LogP contribution in [0.15, 0.2) is 18.2 Å². The smallest absolute Gasteiger partial charge is 0.273 e. The van der Waals surface area contributed by atoms with E-state index in [1.165, 1.54) is 18.2 Å². The zero-order valence-electron chi connectivity index (χ0n) is 12.4. The number of nitro groups is 1. The number of halogens is 1. The maximum Gasteiger partial charge on any atom is 0.273 e. The van der Waals surface area contributed by atoms with Gasteiger partial charge in [-0.2, -0.15) is 0 Å². The number of nitro benzene ring substituents is 1. The van der Waals surface area contributed by atoms with Crippen molar-refractivity contribution in [1.82, 2.24) is 4.90 Å². The van der Waals surface area contributed by atoms with E-state index in [0.717, 1.165) is 25.9 Å². The quantitative estimate of drug-likeness (QED) is 0.614. The number of hydrogen-bond acceptors (Lipinski definition) is 4. The molecule has 2 rings (SSSR count). The van der Waals surface area contributed by atoms with Gasteiger partial charge in [0, 0.05) is 12.1 Å². The molecule has 0 saturated carbocycles. The minimum atomic E-state index is -0.440. The van der Waals surface area contributed by atoms with Crippen LogP contribution in [0.2, 0.25) is 5.02 Å². The molecule has 1 aliphatic rings. The first-order chi connectivity index (χ1) is 9.97. The molecule has 116 valence electrons. The van der Waals surface area contributed by atoms with Gasteiger partial charge >= 0.3 is 0 Å². The SMILES string of the molecule is CC(C)N1CCC(COc2cc([N+](=O)[O-])ccc2Cl)CC1. The summed E-state index contributed by atoms with van der Waals surface area (Å²) in [6.07, 6.45) is 2.18. The van der Waals surface area contributed by atoms with Crippen molar-refractivity contribution < 1.29 is 9.66 Å². The van der Waals surface area contributed by atoms with E-state index in [1.807, 2.05) is 0 Å². The Morgan fingerprint density at radius 1 is 1.43 bits per heavy atom. The Labute approximate surface area is 130 Å². The third-order valence-electron chi connectivity index (χ3n) is 3.98. The van der Waals surface area contributed by atoms with Gasteiger partial charge in [-0.05, 0) is 51.8 Å². The molecule has 0 radical (unpaired) electrons. The number of non-ortho nitro benzene ring substituents is 1. The monoisotopic (exact) mass is 312 g/mol. The topological polar surface area (TPSA) is 55.6 Å². The van der Waals surface area contributed by atoms with Gasteiger partial charge in [-0.15, -0.1) is 0 Å². The summed E-state index contributed by atoms with van der Waals surface area (Å²) in [6.45, 7) is 7.13. The lowest BCUT2D eigenvalue weighted by atomic mass is 9.97. The Bertz CT molecular complexity index is 500. The number of rotatable bonds is 5. The van der Waals surface area contributed by atoms with E-state index in [1.54, 1.807) is 0 Å². The molecule has 1 heterocycles. The molecule has 1 aliphatic heterocycles. The van der Waals surface area contributed by atoms with Crippen molar-refractivity contribution >= 4 is 17.3 Å². The van der Waals surface area contributed by atoms with Crippen LogP contribution in [0.5, 0.6) is 5.75 Å². The average molecular weight is 313 g/mol. The molecular formula is C15H21ClN2O3. The lowest BCUT2D eigenvalue weighted by molar-refractivity contribution is -0.384. The first kappa shape index (κ1) is 16.0. The predicted octanol–water partition coefficient (Wildman–Crippen LogP) is 3.75. The highest BCUT2D eigenvalue weighted by Crippen LogP contribution is 2.30. The van der Waals surface area contributed by atoms with Crippen LogP contribution >= 0.6 is 11.6 Å². The van der Waals surface area contributed by atoms with Crippen molar-refractivity contribution in [1.29, 1.82) is 0 Å². The molecule has 0 spiro atoms. The third kappa shape index (κ3) is 4.32. The fourth-order valence-corrected chi connectivity index (χ4v) is 2.73. The summed E-state index contributed by atoms with van der Waals surface area (Å²) in [5.41, 5.74) is 0.00373. The molecular weight excluding hydrogens is 292 g/mol.